The summed E-state index contributed by atoms with van der Waals surface area (Å²) in [5.74, 6) is 0.981. The van der Waals surface area contributed by atoms with Gasteiger partial charge in [-0.1, -0.05) is 0 Å². The van der Waals surface area contributed by atoms with Gasteiger partial charge in [-0.2, -0.15) is 0 Å². The minimum absolute atomic E-state index is 0.289. The Labute approximate surface area is 125 Å². The Balaban J connectivity index is 1.81. The molecule has 0 unspecified atom stereocenters. The lowest BCUT2D eigenvalue weighted by atomic mass is 10.2. The highest BCUT2D eigenvalue weighted by molar-refractivity contribution is 7.14. The Bertz CT molecular complexity index is 656. The van der Waals surface area contributed by atoms with Gasteiger partial charge in [0.15, 0.2) is 17.2 Å². The number of hydrogen-bond donors (Lipinski definition) is 1. The average molecular weight is 306 g/mol. The molecule has 3 rings (SSSR count). The van der Waals surface area contributed by atoms with Crippen molar-refractivity contribution in [3.05, 3.63) is 29.4 Å². The number of carbonyl (C=O) groups is 1. The van der Waals surface area contributed by atoms with Gasteiger partial charge in [-0.25, -0.2) is 9.78 Å². The highest BCUT2D eigenvalue weighted by atomic mass is 32.1. The van der Waals surface area contributed by atoms with Gasteiger partial charge in [-0.3, -0.25) is 0 Å². The number of nitrogens with one attached hydrogen (secondary N) is 1. The molecule has 1 N–H and O–H groups in total. The predicted molar refractivity (Wildman–Crippen MR) is 78.8 cm³/mol. The van der Waals surface area contributed by atoms with Gasteiger partial charge < -0.3 is 19.5 Å². The third-order valence-electron chi connectivity index (χ3n) is 2.84. The van der Waals surface area contributed by atoms with E-state index >= 15 is 0 Å². The number of benzene rings is 1. The van der Waals surface area contributed by atoms with E-state index in [2.05, 4.69) is 10.3 Å². The second kappa shape index (κ2) is 6.01. The number of thiazole rings is 1. The lowest BCUT2D eigenvalue weighted by molar-refractivity contribution is 0.0521. The number of nitrogens with zero attached hydrogens (tertiary/aromatic N) is 1. The van der Waals surface area contributed by atoms with Crippen LogP contribution in [0, 0.1) is 0 Å². The second-order valence-corrected chi connectivity index (χ2v) is 5.09. The van der Waals surface area contributed by atoms with Gasteiger partial charge in [0.25, 0.3) is 0 Å². The number of hydrogen-bond acceptors (Lipinski definition) is 7. The predicted octanol–water partition coefficient (Wildman–Crippen LogP) is 2.83. The minimum atomic E-state index is -0.432. The monoisotopic (exact) mass is 306 g/mol. The molecule has 0 fully saturated rings. The van der Waals surface area contributed by atoms with Crippen LogP contribution in [0.5, 0.6) is 11.5 Å². The van der Waals surface area contributed by atoms with Crippen molar-refractivity contribution in [2.75, 3.05) is 25.1 Å². The molecule has 110 valence electrons. The molecule has 0 saturated carbocycles. The Kier molecular flexibility index (Phi) is 3.92. The molecule has 0 amide bonds. The van der Waals surface area contributed by atoms with Crippen LogP contribution >= 0.6 is 11.3 Å². The van der Waals surface area contributed by atoms with Crippen LogP contribution in [0.4, 0.5) is 10.7 Å². The zero-order valence-electron chi connectivity index (χ0n) is 11.4. The van der Waals surface area contributed by atoms with E-state index in [1.54, 1.807) is 12.4 Å². The summed E-state index contributed by atoms with van der Waals surface area (Å²) in [6, 6.07) is 5.53. The molecular weight excluding hydrogens is 292 g/mol. The summed E-state index contributed by atoms with van der Waals surface area (Å²) in [4.78, 5) is 15.8. The summed E-state index contributed by atoms with van der Waals surface area (Å²) in [5.41, 5.74) is 2.69. The fourth-order valence-corrected chi connectivity index (χ4v) is 2.62. The van der Waals surface area contributed by atoms with E-state index in [0.29, 0.717) is 30.6 Å². The van der Waals surface area contributed by atoms with Gasteiger partial charge in [0, 0.05) is 11.8 Å². The first-order valence-corrected chi connectivity index (χ1v) is 7.43. The largest absolute Gasteiger partial charge is 0.486 e. The third kappa shape index (κ3) is 2.92. The highest BCUT2D eigenvalue weighted by Gasteiger charge is 2.17. The first-order chi connectivity index (χ1) is 10.3. The average Bonchev–Trinajstić information content (AvgIpc) is 2.95. The SMILES string of the molecule is CCOC(=O)c1ncsc1Nc1ccc2c(c1)OCCO2. The molecule has 1 aliphatic heterocycles. The zero-order valence-corrected chi connectivity index (χ0v) is 12.2. The van der Waals surface area contributed by atoms with Gasteiger partial charge in [-0.15, -0.1) is 11.3 Å². The van der Waals surface area contributed by atoms with Crippen molar-refractivity contribution in [3.63, 3.8) is 0 Å². The van der Waals surface area contributed by atoms with Crippen LogP contribution in [0.1, 0.15) is 17.4 Å². The van der Waals surface area contributed by atoms with Crippen molar-refractivity contribution >= 4 is 28.0 Å². The van der Waals surface area contributed by atoms with Crippen molar-refractivity contribution in [2.24, 2.45) is 0 Å². The van der Waals surface area contributed by atoms with E-state index in [4.69, 9.17) is 14.2 Å². The second-order valence-electron chi connectivity index (χ2n) is 4.23. The Morgan fingerprint density at radius 2 is 2.19 bits per heavy atom. The van der Waals surface area contributed by atoms with Crippen molar-refractivity contribution < 1.29 is 19.0 Å². The summed E-state index contributed by atoms with van der Waals surface area (Å²) < 4.78 is 16.0. The number of anilines is 2. The van der Waals surface area contributed by atoms with Gasteiger partial charge in [0.05, 0.1) is 12.1 Å². The smallest absolute Gasteiger partial charge is 0.360 e. The molecule has 1 aromatic carbocycles. The van der Waals surface area contributed by atoms with E-state index < -0.39 is 5.97 Å². The van der Waals surface area contributed by atoms with Crippen LogP contribution in [0.3, 0.4) is 0 Å². The highest BCUT2D eigenvalue weighted by Crippen LogP contribution is 2.34. The molecule has 0 saturated heterocycles. The maximum Gasteiger partial charge on any atom is 0.360 e. The summed E-state index contributed by atoms with van der Waals surface area (Å²) in [6.45, 7) is 3.17. The molecule has 2 aromatic rings. The van der Waals surface area contributed by atoms with Crippen LogP contribution in [0.25, 0.3) is 0 Å². The van der Waals surface area contributed by atoms with E-state index in [1.807, 2.05) is 18.2 Å². The number of rotatable bonds is 4. The number of carbonyl (C=O) groups excluding carboxylic acids is 1. The maximum absolute atomic E-state index is 11.8. The molecule has 21 heavy (non-hydrogen) atoms. The molecule has 0 radical (unpaired) electrons. The topological polar surface area (TPSA) is 69.7 Å². The number of aromatic nitrogens is 1. The van der Waals surface area contributed by atoms with Crippen LogP contribution < -0.4 is 14.8 Å². The molecule has 2 heterocycles. The van der Waals surface area contributed by atoms with E-state index in [1.165, 1.54) is 11.3 Å². The van der Waals surface area contributed by atoms with Gasteiger partial charge in [0.2, 0.25) is 0 Å². The van der Waals surface area contributed by atoms with Gasteiger partial charge >= 0.3 is 5.97 Å². The molecule has 1 aliphatic rings. The summed E-state index contributed by atoms with van der Waals surface area (Å²) in [6.07, 6.45) is 0. The molecule has 0 spiro atoms. The first kappa shape index (κ1) is 13.7. The van der Waals surface area contributed by atoms with Crippen molar-refractivity contribution in [2.45, 2.75) is 6.92 Å². The zero-order chi connectivity index (χ0) is 14.7. The normalized spacial score (nSPS) is 12.8. The molecule has 0 bridgehead atoms. The van der Waals surface area contributed by atoms with Crippen LogP contribution in [0.2, 0.25) is 0 Å². The Morgan fingerprint density at radius 3 is 3.00 bits per heavy atom. The lowest BCUT2D eigenvalue weighted by Gasteiger charge is -2.19. The minimum Gasteiger partial charge on any atom is -0.486 e. The number of esters is 1. The van der Waals surface area contributed by atoms with Crippen molar-refractivity contribution in [1.82, 2.24) is 4.98 Å². The fourth-order valence-electron chi connectivity index (χ4n) is 1.93. The van der Waals surface area contributed by atoms with Gasteiger partial charge in [0.1, 0.15) is 18.2 Å². The number of ether oxygens (including phenoxy) is 3. The van der Waals surface area contributed by atoms with Crippen LogP contribution in [-0.2, 0) is 4.74 Å². The lowest BCUT2D eigenvalue weighted by Crippen LogP contribution is -2.15. The standard InChI is InChI=1S/C14H14N2O4S/c1-2-18-14(17)12-13(21-8-15-12)16-9-3-4-10-11(7-9)20-6-5-19-10/h3-4,7-8,16H,2,5-6H2,1H3. The fraction of sp³-hybridized carbons (Fsp3) is 0.286. The summed E-state index contributed by atoms with van der Waals surface area (Å²) in [5, 5.41) is 3.81. The van der Waals surface area contributed by atoms with Crippen molar-refractivity contribution in [1.29, 1.82) is 0 Å². The van der Waals surface area contributed by atoms with Gasteiger partial charge in [-0.05, 0) is 19.1 Å². The third-order valence-corrected chi connectivity index (χ3v) is 3.58. The maximum atomic E-state index is 11.8. The number of fused-ring (bicyclic) bond motifs is 1. The van der Waals surface area contributed by atoms with E-state index in [0.717, 1.165) is 11.4 Å². The quantitative estimate of drug-likeness (QED) is 0.876. The van der Waals surface area contributed by atoms with E-state index in [9.17, 15) is 4.79 Å². The Morgan fingerprint density at radius 1 is 1.38 bits per heavy atom. The molecule has 7 heteroatoms. The van der Waals surface area contributed by atoms with Crippen LogP contribution in [-0.4, -0.2) is 30.8 Å². The Hall–Kier alpha value is -2.28. The molecular formula is C14H14N2O4S. The molecule has 6 nitrogen and oxygen atoms in total. The summed E-state index contributed by atoms with van der Waals surface area (Å²) in [7, 11) is 0. The molecule has 1 aromatic heterocycles. The van der Waals surface area contributed by atoms with E-state index in [-0.39, 0.29) is 5.69 Å². The molecule has 0 atom stereocenters. The van der Waals surface area contributed by atoms with Crippen molar-refractivity contribution in [3.8, 4) is 11.5 Å². The molecule has 0 aliphatic carbocycles. The van der Waals surface area contributed by atoms with Crippen LogP contribution in [0.15, 0.2) is 23.7 Å². The first-order valence-electron chi connectivity index (χ1n) is 6.55. The summed E-state index contributed by atoms with van der Waals surface area (Å²) >= 11 is 1.34.